The van der Waals surface area contributed by atoms with Crippen molar-refractivity contribution in [2.24, 2.45) is 0 Å². The Morgan fingerprint density at radius 3 is 0.681 bits per heavy atom. The summed E-state index contributed by atoms with van der Waals surface area (Å²) < 4.78 is 24.1. The number of fused-ring (bicyclic) bond motifs is 22. The average Bonchev–Trinajstić information content (AvgIpc) is 1.54. The maximum atomic E-state index is 7.40. The highest BCUT2D eigenvalue weighted by molar-refractivity contribution is 6.29. The molecule has 29 aromatic rings. The van der Waals surface area contributed by atoms with E-state index >= 15 is 0 Å². The lowest BCUT2D eigenvalue weighted by Crippen LogP contribution is -2.02. The molecule has 0 bridgehead atoms. The lowest BCUT2D eigenvalue weighted by Gasteiger charge is -2.14. The monoisotopic (exact) mass is 1840 g/mol. The summed E-state index contributed by atoms with van der Waals surface area (Å²) in [6, 6.07) is 175. The van der Waals surface area contributed by atoms with Crippen LogP contribution in [0.5, 0.6) is 0 Å². The van der Waals surface area contributed by atoms with E-state index in [1.165, 1.54) is 21.9 Å². The molecule has 8 aromatic heterocycles. The smallest absolute Gasteiger partial charge is 0.164 e. The fourth-order valence-corrected chi connectivity index (χ4v) is 21.7. The lowest BCUT2D eigenvalue weighted by molar-refractivity contribution is 0.673. The summed E-state index contributed by atoms with van der Waals surface area (Å²) in [6.45, 7) is 0. The third kappa shape index (κ3) is 13.9. The van der Waals surface area contributed by atoms with Crippen molar-refractivity contribution in [3.8, 4) is 147 Å². The highest BCUT2D eigenvalue weighted by Gasteiger charge is 2.29. The second-order valence-corrected chi connectivity index (χ2v) is 36.6. The van der Waals surface area contributed by atoms with Gasteiger partial charge in [-0.3, -0.25) is 0 Å². The molecule has 144 heavy (non-hydrogen) atoms. The SMILES string of the molecule is c1ccc(-c2ccc(-c3nc(-c4ccc(-c5ccccc5)cc4)nc(-c4cccc(-n5c6ccccc6c6ccc7c8ccc9c%10ccccc%10n(-c%10ccc(-c%11ccccc%11)cc%10)c9c8oc7c65)c4)n3)cc2)cc1.c1ccc(-c2ccccc2-c2nc(-c3cccc(-n4c5ccccc5c5ccc6c7ccc8c9ccccc9n(-c9ccccc9)c8c7oc6c54)c3)nc(-c3ccccc3-c3ccccc3)n2)cc1. The van der Waals surface area contributed by atoms with Crippen molar-refractivity contribution in [2.75, 3.05) is 0 Å². The third-order valence-corrected chi connectivity index (χ3v) is 28.4. The van der Waals surface area contributed by atoms with E-state index < -0.39 is 0 Å². The van der Waals surface area contributed by atoms with Crippen LogP contribution in [0.25, 0.3) is 278 Å². The molecule has 8 heterocycles. The van der Waals surface area contributed by atoms with Crippen LogP contribution in [0.1, 0.15) is 0 Å². The Kier molecular flexibility index (Phi) is 19.7. The van der Waals surface area contributed by atoms with Gasteiger partial charge in [-0.25, -0.2) is 29.9 Å². The Morgan fingerprint density at radius 2 is 0.347 bits per heavy atom. The van der Waals surface area contributed by atoms with Gasteiger partial charge < -0.3 is 27.1 Å². The van der Waals surface area contributed by atoms with E-state index in [1.54, 1.807) is 0 Å². The van der Waals surface area contributed by atoms with Gasteiger partial charge >= 0.3 is 0 Å². The van der Waals surface area contributed by atoms with Crippen molar-refractivity contribution < 1.29 is 8.83 Å². The van der Waals surface area contributed by atoms with E-state index in [-0.39, 0.29) is 0 Å². The number of para-hydroxylation sites is 5. The molecule has 0 saturated carbocycles. The van der Waals surface area contributed by atoms with Gasteiger partial charge in [0.2, 0.25) is 0 Å². The first-order valence-corrected chi connectivity index (χ1v) is 48.6. The molecule has 0 amide bonds. The van der Waals surface area contributed by atoms with E-state index in [2.05, 4.69) is 491 Å². The molecular formula is C132H82N10O2. The molecule has 0 spiro atoms. The maximum absolute atomic E-state index is 7.40. The van der Waals surface area contributed by atoms with Crippen LogP contribution in [0.2, 0.25) is 0 Å². The van der Waals surface area contributed by atoms with E-state index in [4.69, 9.17) is 38.7 Å². The van der Waals surface area contributed by atoms with Gasteiger partial charge in [-0.15, -0.1) is 0 Å². The van der Waals surface area contributed by atoms with Crippen LogP contribution in [-0.2, 0) is 0 Å². The highest BCUT2D eigenvalue weighted by atomic mass is 16.3. The Balaban J connectivity index is 0.000000141. The van der Waals surface area contributed by atoms with Crippen LogP contribution in [0.3, 0.4) is 0 Å². The zero-order valence-electron chi connectivity index (χ0n) is 77.6. The van der Waals surface area contributed by atoms with Crippen molar-refractivity contribution in [3.63, 3.8) is 0 Å². The van der Waals surface area contributed by atoms with Gasteiger partial charge in [0.25, 0.3) is 0 Å². The topological polar surface area (TPSA) is 123 Å². The normalized spacial score (nSPS) is 11.8. The van der Waals surface area contributed by atoms with Crippen molar-refractivity contribution >= 4 is 131 Å². The van der Waals surface area contributed by atoms with E-state index in [9.17, 15) is 0 Å². The number of aromatic nitrogens is 10. The van der Waals surface area contributed by atoms with Gasteiger partial charge in [0.05, 0.1) is 44.1 Å². The Bertz CT molecular complexity index is 9910. The van der Waals surface area contributed by atoms with Gasteiger partial charge in [0, 0.05) is 121 Å². The van der Waals surface area contributed by atoms with Crippen molar-refractivity contribution in [1.29, 1.82) is 0 Å². The molecular weight excluding hydrogens is 1760 g/mol. The number of rotatable bonds is 15. The summed E-state index contributed by atoms with van der Waals surface area (Å²) in [4.78, 5) is 31.6. The molecule has 0 fully saturated rings. The molecule has 0 radical (unpaired) electrons. The predicted molar refractivity (Wildman–Crippen MR) is 591 cm³/mol. The molecule has 0 unspecified atom stereocenters. The zero-order valence-corrected chi connectivity index (χ0v) is 77.6. The Hall–Kier alpha value is -19.6. The third-order valence-electron chi connectivity index (χ3n) is 28.4. The standard InChI is InChI=1S/C69H43N5O.C63H39N5O/c1-4-15-44(16-5-1)47-27-31-50(32-28-47)67-70-68(51-33-29-48(30-34-51)45-17-6-2-7-18-45)72-69(71-67)52-21-14-22-54(43-52)74-62-26-13-11-24-56(62)58-40-42-60-59-41-39-57-55-23-10-12-25-61(55)73(63(57)65(59)75-66(60)64(58)74)53-37-35-49(36-38-53)46-19-8-3-9-20-46;1-4-19-40(20-5-1)45-27-10-12-31-53(45)62-64-61(65-63(66-62)54-32-13-11-28-46(54)41-21-6-2-7-22-41)42-23-18-26-44(39-42)68-56-34-17-15-30-48(56)50-36-38-52-51-37-35-49-47-29-14-16-33-55(47)67(43-24-8-3-9-25-43)57(49)59(51)69-60(52)58(50)68/h1-43H;1-39H. The second-order valence-electron chi connectivity index (χ2n) is 36.6. The van der Waals surface area contributed by atoms with Gasteiger partial charge in [-0.1, -0.05) is 400 Å². The molecule has 12 nitrogen and oxygen atoms in total. The minimum atomic E-state index is 0.577. The molecule has 0 N–H and O–H groups in total. The maximum Gasteiger partial charge on any atom is 0.164 e. The fraction of sp³-hybridized carbons (Fsp3) is 0. The van der Waals surface area contributed by atoms with Crippen LogP contribution in [-0.4, -0.2) is 48.2 Å². The molecule has 12 heteroatoms. The summed E-state index contributed by atoms with van der Waals surface area (Å²) in [5, 5.41) is 13.4. The van der Waals surface area contributed by atoms with E-state index in [1.807, 2.05) is 24.3 Å². The molecule has 21 aromatic carbocycles. The first-order chi connectivity index (χ1) is 71.4. The minimum absolute atomic E-state index is 0.577. The van der Waals surface area contributed by atoms with Gasteiger partial charge in [0.1, 0.15) is 0 Å². The Labute approximate surface area is 826 Å². The number of nitrogens with zero attached hydrogens (tertiary/aromatic N) is 10. The number of hydrogen-bond donors (Lipinski definition) is 0. The minimum Gasteiger partial charge on any atom is -0.452 e. The molecule has 29 rings (SSSR count). The number of hydrogen-bond acceptors (Lipinski definition) is 8. The molecule has 672 valence electrons. The first-order valence-electron chi connectivity index (χ1n) is 48.6. The first kappa shape index (κ1) is 82.7. The van der Waals surface area contributed by atoms with Crippen LogP contribution in [0.15, 0.2) is 506 Å². The van der Waals surface area contributed by atoms with Crippen LogP contribution >= 0.6 is 0 Å². The van der Waals surface area contributed by atoms with Gasteiger partial charge in [0.15, 0.2) is 57.3 Å². The summed E-state index contributed by atoms with van der Waals surface area (Å²) in [5.74, 6) is 3.56. The molecule has 0 saturated heterocycles. The van der Waals surface area contributed by atoms with E-state index in [0.29, 0.717) is 34.9 Å². The largest absolute Gasteiger partial charge is 0.452 e. The fourth-order valence-electron chi connectivity index (χ4n) is 21.7. The highest BCUT2D eigenvalue weighted by Crippen LogP contribution is 2.50. The number of furan rings is 2. The van der Waals surface area contributed by atoms with Crippen molar-refractivity contribution in [2.45, 2.75) is 0 Å². The number of benzene rings is 21. The predicted octanol–water partition coefficient (Wildman–Crippen LogP) is 34.3. The summed E-state index contributed by atoms with van der Waals surface area (Å²) in [5.41, 5.74) is 32.6. The lowest BCUT2D eigenvalue weighted by atomic mass is 9.98. The van der Waals surface area contributed by atoms with Crippen LogP contribution in [0.4, 0.5) is 0 Å². The quantitative estimate of drug-likeness (QED) is 0.0994. The summed E-state index contributed by atoms with van der Waals surface area (Å²) in [6.07, 6.45) is 0. The van der Waals surface area contributed by atoms with Crippen molar-refractivity contribution in [3.05, 3.63) is 497 Å². The van der Waals surface area contributed by atoms with Crippen molar-refractivity contribution in [1.82, 2.24) is 48.2 Å². The average molecular weight is 1840 g/mol. The summed E-state index contributed by atoms with van der Waals surface area (Å²) in [7, 11) is 0. The molecule has 0 aliphatic heterocycles. The van der Waals surface area contributed by atoms with Gasteiger partial charge in [-0.2, -0.15) is 0 Å². The van der Waals surface area contributed by atoms with Crippen LogP contribution in [0, 0.1) is 0 Å². The van der Waals surface area contributed by atoms with Crippen LogP contribution < -0.4 is 0 Å². The molecule has 0 atom stereocenters. The van der Waals surface area contributed by atoms with Gasteiger partial charge in [-0.05, 0) is 153 Å². The molecule has 0 aliphatic carbocycles. The Morgan fingerprint density at radius 1 is 0.132 bits per heavy atom. The second kappa shape index (κ2) is 34.3. The molecule has 0 aliphatic rings. The summed E-state index contributed by atoms with van der Waals surface area (Å²) >= 11 is 0. The zero-order chi connectivity index (χ0) is 94.8. The van der Waals surface area contributed by atoms with E-state index in [0.717, 1.165) is 221 Å².